The molecule has 1 fully saturated rings. The van der Waals surface area contributed by atoms with Crippen LogP contribution in [0.5, 0.6) is 0 Å². The van der Waals surface area contributed by atoms with Gasteiger partial charge in [0.25, 0.3) is 0 Å². The minimum Gasteiger partial charge on any atom is -0.353 e. The van der Waals surface area contributed by atoms with E-state index in [0.717, 1.165) is 32.0 Å². The van der Waals surface area contributed by atoms with Crippen molar-refractivity contribution in [2.45, 2.75) is 0 Å². The second-order valence-electron chi connectivity index (χ2n) is 3.90. The van der Waals surface area contributed by atoms with Crippen LogP contribution in [-0.2, 0) is 0 Å². The average Bonchev–Trinajstić information content (AvgIpc) is 2.74. The summed E-state index contributed by atoms with van der Waals surface area (Å²) in [5.41, 5.74) is 0. The van der Waals surface area contributed by atoms with Crippen molar-refractivity contribution >= 4 is 39.2 Å². The first-order valence-corrected chi connectivity index (χ1v) is 6.46. The van der Waals surface area contributed by atoms with Gasteiger partial charge in [-0.25, -0.2) is 4.42 Å². The largest absolute Gasteiger partial charge is 0.353 e. The minimum atomic E-state index is 0.896. The topological polar surface area (TPSA) is 19.4 Å². The highest BCUT2D eigenvalue weighted by Gasteiger charge is 2.19. The van der Waals surface area contributed by atoms with Gasteiger partial charge in [-0.3, -0.25) is 0 Å². The van der Waals surface area contributed by atoms with E-state index in [4.69, 9.17) is 11.8 Å². The molecule has 2 heterocycles. The molecule has 0 radical (unpaired) electrons. The van der Waals surface area contributed by atoms with Crippen molar-refractivity contribution in [1.29, 1.82) is 0 Å². The summed E-state index contributed by atoms with van der Waals surface area (Å²) in [5, 5.41) is 1.26. The van der Waals surface area contributed by atoms with Crippen molar-refractivity contribution in [3.63, 3.8) is 0 Å². The Morgan fingerprint density at radius 3 is 2.69 bits per heavy atom. The molecule has 0 atom stereocenters. The molecule has 0 bridgehead atoms. The zero-order valence-corrected chi connectivity index (χ0v) is 10.3. The fourth-order valence-corrected chi connectivity index (χ4v) is 2.94. The van der Waals surface area contributed by atoms with E-state index in [1.165, 1.54) is 10.1 Å². The molecule has 0 spiro atoms. The smallest absolute Gasteiger partial charge is 0.150 e. The molecule has 3 rings (SSSR count). The summed E-state index contributed by atoms with van der Waals surface area (Å²) in [6.45, 7) is 3.70. The molecule has 1 aliphatic heterocycles. The number of piperazine rings is 1. The summed E-state index contributed by atoms with van der Waals surface area (Å²) in [6.07, 6.45) is 0. The third-order valence-electron chi connectivity index (χ3n) is 2.88. The maximum Gasteiger partial charge on any atom is 0.150 e. The van der Waals surface area contributed by atoms with Crippen molar-refractivity contribution in [2.24, 2.45) is 0 Å². The van der Waals surface area contributed by atoms with Gasteiger partial charge >= 0.3 is 0 Å². The zero-order valence-electron chi connectivity index (χ0n) is 8.77. The number of hydrogen-bond acceptors (Lipinski definition) is 4. The van der Waals surface area contributed by atoms with E-state index >= 15 is 0 Å². The Morgan fingerprint density at radius 1 is 1.12 bits per heavy atom. The molecule has 0 saturated carbocycles. The van der Waals surface area contributed by atoms with Crippen LogP contribution >= 0.6 is 23.3 Å². The van der Waals surface area contributed by atoms with Crippen molar-refractivity contribution in [3.05, 3.63) is 24.3 Å². The van der Waals surface area contributed by atoms with Gasteiger partial charge in [-0.15, -0.1) is 0 Å². The number of nitrogens with zero attached hydrogens (tertiary/aromatic N) is 3. The van der Waals surface area contributed by atoms with Crippen LogP contribution < -0.4 is 4.90 Å². The minimum absolute atomic E-state index is 0.896. The Morgan fingerprint density at radius 2 is 1.88 bits per heavy atom. The second-order valence-corrected chi connectivity index (χ2v) is 5.18. The lowest BCUT2D eigenvalue weighted by molar-refractivity contribution is 0.415. The normalized spacial score (nSPS) is 18.2. The van der Waals surface area contributed by atoms with Gasteiger partial charge in [-0.05, 0) is 35.4 Å². The Kier molecular flexibility index (Phi) is 2.71. The van der Waals surface area contributed by atoms with Crippen LogP contribution in [0.15, 0.2) is 24.3 Å². The molecule has 0 unspecified atom stereocenters. The highest BCUT2D eigenvalue weighted by atomic mass is 35.5. The number of aromatic nitrogens is 1. The van der Waals surface area contributed by atoms with Crippen LogP contribution in [0.1, 0.15) is 0 Å². The molecule has 16 heavy (non-hydrogen) atoms. The number of halogens is 1. The summed E-state index contributed by atoms with van der Waals surface area (Å²) >= 11 is 7.52. The summed E-state index contributed by atoms with van der Waals surface area (Å²) in [6, 6.07) is 8.38. The van der Waals surface area contributed by atoms with Crippen molar-refractivity contribution in [1.82, 2.24) is 8.79 Å². The molecule has 3 nitrogen and oxygen atoms in total. The Labute approximate surface area is 104 Å². The van der Waals surface area contributed by atoms with E-state index in [0.29, 0.717) is 0 Å². The first kappa shape index (κ1) is 10.3. The molecular formula is C11H12ClN3S. The number of rotatable bonds is 1. The Bertz CT molecular complexity index is 491. The SMILES string of the molecule is ClN1CCN(c2nsc3ccccc23)CC1. The molecule has 2 aromatic rings. The van der Waals surface area contributed by atoms with E-state index in [1.54, 1.807) is 11.5 Å². The van der Waals surface area contributed by atoms with Crippen LogP contribution in [0.3, 0.4) is 0 Å². The molecule has 84 valence electrons. The Hall–Kier alpha value is -0.840. The summed E-state index contributed by atoms with van der Waals surface area (Å²) in [5.74, 6) is 1.12. The zero-order chi connectivity index (χ0) is 11.0. The molecule has 1 aliphatic rings. The molecule has 0 amide bonds. The third-order valence-corrected chi connectivity index (χ3v) is 4.04. The lowest BCUT2D eigenvalue weighted by Crippen LogP contribution is -2.42. The van der Waals surface area contributed by atoms with E-state index in [9.17, 15) is 0 Å². The van der Waals surface area contributed by atoms with Gasteiger partial charge in [0.2, 0.25) is 0 Å². The standard InChI is InChI=1S/C11H12ClN3S/c12-15-7-5-14(6-8-15)11-9-3-1-2-4-10(9)16-13-11/h1-4H,5-8H2. The van der Waals surface area contributed by atoms with E-state index in [1.807, 2.05) is 4.42 Å². The summed E-state index contributed by atoms with van der Waals surface area (Å²) in [4.78, 5) is 2.32. The van der Waals surface area contributed by atoms with Crippen LogP contribution in [-0.4, -0.2) is 35.0 Å². The second kappa shape index (κ2) is 4.20. The van der Waals surface area contributed by atoms with Crippen molar-refractivity contribution < 1.29 is 0 Å². The number of anilines is 1. The molecule has 5 heteroatoms. The first-order valence-electron chi connectivity index (χ1n) is 5.35. The Balaban J connectivity index is 1.94. The van der Waals surface area contributed by atoms with Crippen LogP contribution in [0.25, 0.3) is 10.1 Å². The fourth-order valence-electron chi connectivity index (χ4n) is 1.99. The van der Waals surface area contributed by atoms with Crippen LogP contribution in [0.4, 0.5) is 5.82 Å². The van der Waals surface area contributed by atoms with Crippen LogP contribution in [0, 0.1) is 0 Å². The van der Waals surface area contributed by atoms with Gasteiger partial charge in [0.05, 0.1) is 4.70 Å². The van der Waals surface area contributed by atoms with Gasteiger partial charge in [0.15, 0.2) is 0 Å². The highest BCUT2D eigenvalue weighted by Crippen LogP contribution is 2.29. The lowest BCUT2D eigenvalue weighted by Gasteiger charge is -2.31. The van der Waals surface area contributed by atoms with E-state index in [2.05, 4.69) is 33.5 Å². The molecule has 1 aromatic carbocycles. The van der Waals surface area contributed by atoms with E-state index in [-0.39, 0.29) is 0 Å². The van der Waals surface area contributed by atoms with Gasteiger partial charge in [-0.1, -0.05) is 12.1 Å². The summed E-state index contributed by atoms with van der Waals surface area (Å²) < 4.78 is 7.64. The van der Waals surface area contributed by atoms with Gasteiger partial charge in [-0.2, -0.15) is 4.37 Å². The van der Waals surface area contributed by atoms with Crippen molar-refractivity contribution in [3.8, 4) is 0 Å². The molecule has 1 aromatic heterocycles. The first-order chi connectivity index (χ1) is 7.84. The maximum atomic E-state index is 5.95. The van der Waals surface area contributed by atoms with Crippen LogP contribution in [0.2, 0.25) is 0 Å². The number of hydrogen-bond donors (Lipinski definition) is 0. The monoisotopic (exact) mass is 253 g/mol. The van der Waals surface area contributed by atoms with E-state index < -0.39 is 0 Å². The molecular weight excluding hydrogens is 242 g/mol. The predicted molar refractivity (Wildman–Crippen MR) is 69.3 cm³/mol. The molecule has 1 saturated heterocycles. The molecule has 0 aliphatic carbocycles. The van der Waals surface area contributed by atoms with Gasteiger partial charge in [0.1, 0.15) is 5.82 Å². The highest BCUT2D eigenvalue weighted by molar-refractivity contribution is 7.13. The predicted octanol–water partition coefficient (Wildman–Crippen LogP) is 2.57. The fraction of sp³-hybridized carbons (Fsp3) is 0.364. The van der Waals surface area contributed by atoms with Gasteiger partial charge < -0.3 is 4.90 Å². The van der Waals surface area contributed by atoms with Gasteiger partial charge in [0, 0.05) is 31.6 Å². The maximum absolute atomic E-state index is 5.95. The summed E-state index contributed by atoms with van der Waals surface area (Å²) in [7, 11) is 0. The lowest BCUT2D eigenvalue weighted by atomic mass is 10.2. The quantitative estimate of drug-likeness (QED) is 0.729. The van der Waals surface area contributed by atoms with Crippen molar-refractivity contribution in [2.75, 3.05) is 31.1 Å². The number of benzene rings is 1. The average molecular weight is 254 g/mol. The third kappa shape index (κ3) is 1.77. The molecule has 0 N–H and O–H groups in total. The number of fused-ring (bicyclic) bond motifs is 1.